The third kappa shape index (κ3) is 51.7. The van der Waals surface area contributed by atoms with E-state index in [9.17, 15) is 35.1 Å². The number of nitrogens with one attached hydrogen (secondary N) is 1. The molecule has 86 heavy (non-hydrogen) atoms. The van der Waals surface area contributed by atoms with E-state index in [-0.39, 0.29) is 18.5 Å². The maximum atomic E-state index is 13.1. The lowest BCUT2D eigenvalue weighted by Crippen LogP contribution is -2.60. The van der Waals surface area contributed by atoms with E-state index >= 15 is 0 Å². The zero-order chi connectivity index (χ0) is 62.3. The summed E-state index contributed by atoms with van der Waals surface area (Å²) in [6.45, 7) is 4.27. The van der Waals surface area contributed by atoms with Gasteiger partial charge in [0.15, 0.2) is 6.29 Å². The Labute approximate surface area is 527 Å². The minimum atomic E-state index is -1.58. The fourth-order valence-electron chi connectivity index (χ4n) is 10.7. The maximum Gasteiger partial charge on any atom is 0.305 e. The number of aliphatic hydroxyl groups is 5. The molecule has 1 heterocycles. The lowest BCUT2D eigenvalue weighted by Gasteiger charge is -2.40. The van der Waals surface area contributed by atoms with Gasteiger partial charge in [0.2, 0.25) is 5.91 Å². The minimum absolute atomic E-state index is 0.0125. The standard InChI is InChI=1S/C75H133NO10/c1-3-5-7-9-11-13-15-17-34-37-41-45-49-53-57-61-68(78)67(66-85-75-74(83)73(82)72(81)69(65-77)86-75)76-70(79)62-58-54-50-46-42-38-35-32-30-28-26-24-22-20-19-21-23-25-27-29-31-33-36-40-44-48-52-56-60-64-84-71(80)63-59-55-51-47-43-39-18-16-14-12-10-8-6-4-2/h10,12,15-19,21,25,27,41,45,57,61,67-69,72-75,77-78,81-83H,3-9,11,13-14,20,22-24,26,28-40,42-44,46-56,58-60,62-66H2,1-2H3,(H,76,79)/b12-10-,17-15+,18-16-,21-19-,27-25-,45-41+,61-57+. The number of carbonyl (C=O) groups is 2. The van der Waals surface area contributed by atoms with Crippen molar-refractivity contribution in [2.45, 2.75) is 358 Å². The van der Waals surface area contributed by atoms with Crippen LogP contribution in [0.15, 0.2) is 85.1 Å². The highest BCUT2D eigenvalue weighted by Crippen LogP contribution is 2.23. The fraction of sp³-hybridized carbons (Fsp3) is 0.787. The lowest BCUT2D eigenvalue weighted by atomic mass is 9.99. The number of carbonyl (C=O) groups excluding carboxylic acids is 2. The number of unbranched alkanes of at least 4 members (excludes halogenated alkanes) is 36. The van der Waals surface area contributed by atoms with Crippen LogP contribution in [-0.4, -0.2) is 100 Å². The molecule has 1 aliphatic rings. The van der Waals surface area contributed by atoms with E-state index in [1.807, 2.05) is 6.08 Å². The first-order chi connectivity index (χ1) is 42.2. The summed E-state index contributed by atoms with van der Waals surface area (Å²) in [5, 5.41) is 54.5. The zero-order valence-electron chi connectivity index (χ0n) is 55.3. The third-order valence-corrected chi connectivity index (χ3v) is 16.4. The van der Waals surface area contributed by atoms with Crippen molar-refractivity contribution in [1.29, 1.82) is 0 Å². The molecule has 498 valence electrons. The summed E-state index contributed by atoms with van der Waals surface area (Å²) in [7, 11) is 0. The number of amides is 1. The van der Waals surface area contributed by atoms with Crippen molar-refractivity contribution in [1.82, 2.24) is 5.32 Å². The zero-order valence-corrected chi connectivity index (χ0v) is 55.3. The van der Waals surface area contributed by atoms with Crippen LogP contribution in [0.2, 0.25) is 0 Å². The van der Waals surface area contributed by atoms with Crippen LogP contribution < -0.4 is 5.32 Å². The molecule has 1 amide bonds. The summed E-state index contributed by atoms with van der Waals surface area (Å²) in [5.41, 5.74) is 0. The lowest BCUT2D eigenvalue weighted by molar-refractivity contribution is -0.302. The second-order valence-electron chi connectivity index (χ2n) is 24.6. The normalized spacial score (nSPS) is 18.4. The number of esters is 1. The predicted molar refractivity (Wildman–Crippen MR) is 361 cm³/mol. The molecule has 6 N–H and O–H groups in total. The van der Waals surface area contributed by atoms with Crippen molar-refractivity contribution in [2.75, 3.05) is 19.8 Å². The number of allylic oxidation sites excluding steroid dienone is 13. The predicted octanol–water partition coefficient (Wildman–Crippen LogP) is 18.5. The molecule has 0 saturated carbocycles. The smallest absolute Gasteiger partial charge is 0.305 e. The first kappa shape index (κ1) is 80.9. The van der Waals surface area contributed by atoms with Gasteiger partial charge in [0.25, 0.3) is 0 Å². The molecule has 0 aromatic heterocycles. The molecule has 0 aromatic carbocycles. The van der Waals surface area contributed by atoms with Crippen LogP contribution >= 0.6 is 0 Å². The van der Waals surface area contributed by atoms with Gasteiger partial charge in [-0.25, -0.2) is 0 Å². The van der Waals surface area contributed by atoms with Gasteiger partial charge in [-0.1, -0.05) is 272 Å². The van der Waals surface area contributed by atoms with Crippen molar-refractivity contribution >= 4 is 11.9 Å². The van der Waals surface area contributed by atoms with Crippen LogP contribution in [0.5, 0.6) is 0 Å². The number of hydrogen-bond donors (Lipinski definition) is 6. The third-order valence-electron chi connectivity index (χ3n) is 16.4. The Bertz CT molecular complexity index is 1710. The molecule has 7 unspecified atom stereocenters. The molecule has 11 nitrogen and oxygen atoms in total. The number of rotatable bonds is 62. The summed E-state index contributed by atoms with van der Waals surface area (Å²) in [5.74, 6) is -0.210. The summed E-state index contributed by atoms with van der Waals surface area (Å²) in [6, 6.07) is -0.838. The second kappa shape index (κ2) is 63.4. The van der Waals surface area contributed by atoms with Crippen molar-refractivity contribution in [2.24, 2.45) is 0 Å². The summed E-state index contributed by atoms with van der Waals surface area (Å²) < 4.78 is 16.7. The first-order valence-electron chi connectivity index (χ1n) is 35.9. The van der Waals surface area contributed by atoms with Gasteiger partial charge in [-0.15, -0.1) is 0 Å². The molecule has 0 aromatic rings. The average Bonchev–Trinajstić information content (AvgIpc) is 2.68. The van der Waals surface area contributed by atoms with E-state index < -0.39 is 49.5 Å². The molecule has 1 rings (SSSR count). The summed E-state index contributed by atoms with van der Waals surface area (Å²) in [6.07, 6.45) is 77.1. The van der Waals surface area contributed by atoms with Crippen LogP contribution in [0.1, 0.15) is 316 Å². The summed E-state index contributed by atoms with van der Waals surface area (Å²) >= 11 is 0. The second-order valence-corrected chi connectivity index (χ2v) is 24.6. The van der Waals surface area contributed by atoms with Crippen LogP contribution in [0.4, 0.5) is 0 Å². The molecule has 0 spiro atoms. The number of hydrogen-bond acceptors (Lipinski definition) is 10. The average molecular weight is 1210 g/mol. The number of aliphatic hydroxyl groups excluding tert-OH is 5. The highest BCUT2D eigenvalue weighted by Gasteiger charge is 2.44. The van der Waals surface area contributed by atoms with Crippen molar-refractivity contribution in [3.05, 3.63) is 85.1 Å². The Hall–Kier alpha value is -3.16. The van der Waals surface area contributed by atoms with E-state index in [1.54, 1.807) is 6.08 Å². The Morgan fingerprint density at radius 3 is 1.26 bits per heavy atom. The van der Waals surface area contributed by atoms with Crippen molar-refractivity contribution in [3.8, 4) is 0 Å². The van der Waals surface area contributed by atoms with E-state index in [1.165, 1.54) is 199 Å². The highest BCUT2D eigenvalue weighted by atomic mass is 16.7. The molecule has 0 aliphatic carbocycles. The number of ether oxygens (including phenoxy) is 3. The van der Waals surface area contributed by atoms with Crippen LogP contribution in [-0.2, 0) is 23.8 Å². The van der Waals surface area contributed by atoms with Gasteiger partial charge >= 0.3 is 5.97 Å². The SMILES string of the molecule is CCCC/C=C\C/C=C\CCCCCCCC(=O)OCCCCCCCCCCC/C=C\C/C=C\CCCCCCCCCCCCCCCC(=O)NC(COC1OC(CO)C(O)C(O)C1O)C(O)/C=C/CC/C=C/CC/C=C/CCCCCCC. The monoisotopic (exact) mass is 1210 g/mol. The molecule has 1 saturated heterocycles. The van der Waals surface area contributed by atoms with E-state index in [4.69, 9.17) is 14.2 Å². The van der Waals surface area contributed by atoms with Gasteiger partial charge < -0.3 is 45.1 Å². The topological polar surface area (TPSA) is 175 Å². The molecule has 7 atom stereocenters. The van der Waals surface area contributed by atoms with Gasteiger partial charge in [-0.05, 0) is 116 Å². The van der Waals surface area contributed by atoms with Gasteiger partial charge in [-0.3, -0.25) is 9.59 Å². The van der Waals surface area contributed by atoms with Gasteiger partial charge in [0, 0.05) is 12.8 Å². The fourth-order valence-corrected chi connectivity index (χ4v) is 10.7. The van der Waals surface area contributed by atoms with Crippen LogP contribution in [0.3, 0.4) is 0 Å². The Morgan fingerprint density at radius 2 is 0.802 bits per heavy atom. The van der Waals surface area contributed by atoms with E-state index in [0.717, 1.165) is 89.9 Å². The first-order valence-corrected chi connectivity index (χ1v) is 35.9. The maximum absolute atomic E-state index is 13.1. The Morgan fingerprint density at radius 1 is 0.430 bits per heavy atom. The molecule has 1 aliphatic heterocycles. The highest BCUT2D eigenvalue weighted by molar-refractivity contribution is 5.76. The van der Waals surface area contributed by atoms with Crippen molar-refractivity contribution in [3.63, 3.8) is 0 Å². The van der Waals surface area contributed by atoms with Crippen LogP contribution in [0, 0.1) is 0 Å². The molecule has 0 radical (unpaired) electrons. The van der Waals surface area contributed by atoms with Crippen LogP contribution in [0.25, 0.3) is 0 Å². The van der Waals surface area contributed by atoms with E-state index in [2.05, 4.69) is 92.1 Å². The largest absolute Gasteiger partial charge is 0.466 e. The van der Waals surface area contributed by atoms with Gasteiger partial charge in [0.05, 0.1) is 32.0 Å². The Balaban J connectivity index is 2.02. The van der Waals surface area contributed by atoms with Gasteiger partial charge in [-0.2, -0.15) is 0 Å². The Kier molecular flexibility index (Phi) is 59.6. The van der Waals surface area contributed by atoms with Crippen molar-refractivity contribution < 1.29 is 49.3 Å². The molecule has 11 heteroatoms. The molecular weight excluding hydrogens is 1070 g/mol. The van der Waals surface area contributed by atoms with Gasteiger partial charge in [0.1, 0.15) is 24.4 Å². The molecular formula is C75H133NO10. The minimum Gasteiger partial charge on any atom is -0.466 e. The quantitative estimate of drug-likeness (QED) is 0.0195. The molecule has 0 bridgehead atoms. The summed E-state index contributed by atoms with van der Waals surface area (Å²) in [4.78, 5) is 25.1. The molecule has 1 fully saturated rings. The van der Waals surface area contributed by atoms with E-state index in [0.29, 0.717) is 19.4 Å².